The van der Waals surface area contributed by atoms with Crippen LogP contribution in [0.2, 0.25) is 0 Å². The number of benzene rings is 1. The molecule has 4 rings (SSSR count). The second-order valence-electron chi connectivity index (χ2n) is 6.28. The Balaban J connectivity index is 1.68. The van der Waals surface area contributed by atoms with Gasteiger partial charge in [0.15, 0.2) is 17.1 Å². The van der Waals surface area contributed by atoms with Crippen molar-refractivity contribution in [2.45, 2.75) is 12.8 Å². The van der Waals surface area contributed by atoms with Crippen molar-refractivity contribution in [2.75, 3.05) is 36.2 Å². The van der Waals surface area contributed by atoms with Crippen LogP contribution in [0.15, 0.2) is 30.5 Å². The van der Waals surface area contributed by atoms with Crippen molar-refractivity contribution in [3.05, 3.63) is 30.5 Å². The topological polar surface area (TPSA) is 102 Å². The van der Waals surface area contributed by atoms with E-state index < -0.39 is 0 Å². The highest BCUT2D eigenvalue weighted by molar-refractivity contribution is 5.94. The van der Waals surface area contributed by atoms with Gasteiger partial charge in [0, 0.05) is 26.0 Å². The zero-order valence-electron chi connectivity index (χ0n) is 15.9. The number of amides is 1. The summed E-state index contributed by atoms with van der Waals surface area (Å²) in [6.07, 6.45) is 7.39. The van der Waals surface area contributed by atoms with Gasteiger partial charge in [-0.15, -0.1) is 12.3 Å². The summed E-state index contributed by atoms with van der Waals surface area (Å²) in [4.78, 5) is 16.7. The highest BCUT2D eigenvalue weighted by Gasteiger charge is 2.18. The van der Waals surface area contributed by atoms with Crippen molar-refractivity contribution >= 4 is 34.6 Å². The molecule has 0 unspecified atom stereocenters. The number of para-hydroxylation sites is 1. The first-order chi connectivity index (χ1) is 14.2. The summed E-state index contributed by atoms with van der Waals surface area (Å²) in [5.41, 5.74) is 1.73. The normalized spacial score (nSPS) is 12.3. The van der Waals surface area contributed by atoms with Crippen LogP contribution in [-0.4, -0.2) is 40.8 Å². The Labute approximate surface area is 167 Å². The molecule has 0 saturated carbocycles. The van der Waals surface area contributed by atoms with E-state index in [1.807, 2.05) is 24.3 Å². The fraction of sp³-hybridized carbons (Fsp3) is 0.250. The quantitative estimate of drug-likeness (QED) is 0.554. The molecular formula is C20H20N6O3. The number of carbonyl (C=O) groups is 1. The third-order valence-electron chi connectivity index (χ3n) is 4.33. The molecule has 3 heterocycles. The van der Waals surface area contributed by atoms with E-state index in [0.717, 1.165) is 5.69 Å². The molecule has 29 heavy (non-hydrogen) atoms. The molecule has 1 aromatic carbocycles. The second kappa shape index (κ2) is 7.98. The van der Waals surface area contributed by atoms with Gasteiger partial charge in [0.05, 0.1) is 11.9 Å². The van der Waals surface area contributed by atoms with Gasteiger partial charge in [0.1, 0.15) is 30.5 Å². The van der Waals surface area contributed by atoms with Crippen molar-refractivity contribution in [3.8, 4) is 23.8 Å². The number of fused-ring (bicyclic) bond motifs is 2. The van der Waals surface area contributed by atoms with E-state index in [1.54, 1.807) is 17.8 Å². The molecule has 3 aromatic rings. The maximum Gasteiger partial charge on any atom is 0.225 e. The summed E-state index contributed by atoms with van der Waals surface area (Å²) in [5.74, 6) is 4.85. The molecule has 0 aliphatic carbocycles. The Hall–Kier alpha value is -3.93. The first kappa shape index (κ1) is 18.4. The number of nitrogens with one attached hydrogen (secondary N) is 3. The van der Waals surface area contributed by atoms with Crippen LogP contribution in [0.1, 0.15) is 12.8 Å². The number of nitrogens with zero attached hydrogens (tertiary/aromatic N) is 3. The smallest absolute Gasteiger partial charge is 0.225 e. The van der Waals surface area contributed by atoms with Crippen molar-refractivity contribution < 1.29 is 14.3 Å². The predicted molar refractivity (Wildman–Crippen MR) is 110 cm³/mol. The molecule has 2 aromatic heterocycles. The van der Waals surface area contributed by atoms with E-state index in [0.29, 0.717) is 54.1 Å². The second-order valence-corrected chi connectivity index (χ2v) is 6.28. The van der Waals surface area contributed by atoms with Gasteiger partial charge in [0.2, 0.25) is 5.91 Å². The Morgan fingerprint density at radius 3 is 3.00 bits per heavy atom. The SMILES string of the molecule is C#CCCC(=O)Nc1cnn2c(NC)cc(Nc3cccc4c3OCCO4)nc12. The summed E-state index contributed by atoms with van der Waals surface area (Å²) in [6, 6.07) is 7.43. The number of hydrogen-bond acceptors (Lipinski definition) is 7. The van der Waals surface area contributed by atoms with Gasteiger partial charge in [-0.3, -0.25) is 4.79 Å². The summed E-state index contributed by atoms with van der Waals surface area (Å²) in [7, 11) is 1.78. The Kier molecular flexibility index (Phi) is 5.07. The molecule has 9 heteroatoms. The molecule has 0 fully saturated rings. The zero-order chi connectivity index (χ0) is 20.2. The van der Waals surface area contributed by atoms with Crippen LogP contribution in [-0.2, 0) is 4.79 Å². The fourth-order valence-electron chi connectivity index (χ4n) is 3.00. The standard InChI is InChI=1S/C20H20N6O3/c1-3-4-8-18(27)24-14-12-22-26-17(21-2)11-16(25-20(14)26)23-13-6-5-7-15-19(13)29-10-9-28-15/h1,5-7,11-12,21H,4,8-10H2,2H3,(H,23,25)(H,24,27). The van der Waals surface area contributed by atoms with Gasteiger partial charge >= 0.3 is 0 Å². The minimum Gasteiger partial charge on any atom is -0.486 e. The Bertz CT molecular complexity index is 1100. The molecule has 148 valence electrons. The summed E-state index contributed by atoms with van der Waals surface area (Å²) >= 11 is 0. The summed E-state index contributed by atoms with van der Waals surface area (Å²) in [5, 5.41) is 13.5. The van der Waals surface area contributed by atoms with Gasteiger partial charge in [-0.1, -0.05) is 6.07 Å². The van der Waals surface area contributed by atoms with E-state index >= 15 is 0 Å². The maximum atomic E-state index is 12.1. The van der Waals surface area contributed by atoms with Crippen molar-refractivity contribution in [1.29, 1.82) is 0 Å². The largest absolute Gasteiger partial charge is 0.486 e. The highest BCUT2D eigenvalue weighted by atomic mass is 16.6. The molecule has 0 radical (unpaired) electrons. The number of ether oxygens (including phenoxy) is 2. The third-order valence-corrected chi connectivity index (χ3v) is 4.33. The lowest BCUT2D eigenvalue weighted by molar-refractivity contribution is -0.116. The van der Waals surface area contributed by atoms with Crippen LogP contribution < -0.4 is 25.4 Å². The predicted octanol–water partition coefficient (Wildman–Crippen LogP) is 2.64. The molecule has 9 nitrogen and oxygen atoms in total. The summed E-state index contributed by atoms with van der Waals surface area (Å²) in [6.45, 7) is 1.000. The fourth-order valence-corrected chi connectivity index (χ4v) is 3.00. The van der Waals surface area contributed by atoms with E-state index in [2.05, 4.69) is 32.0 Å². The van der Waals surface area contributed by atoms with Crippen LogP contribution in [0.25, 0.3) is 5.65 Å². The molecular weight excluding hydrogens is 372 g/mol. The molecule has 0 atom stereocenters. The monoisotopic (exact) mass is 392 g/mol. The molecule has 1 amide bonds. The van der Waals surface area contributed by atoms with Crippen LogP contribution in [0.3, 0.4) is 0 Å². The first-order valence-electron chi connectivity index (χ1n) is 9.15. The van der Waals surface area contributed by atoms with Crippen LogP contribution in [0.4, 0.5) is 23.0 Å². The lowest BCUT2D eigenvalue weighted by Gasteiger charge is -2.21. The molecule has 1 aliphatic heterocycles. The number of anilines is 4. The Morgan fingerprint density at radius 1 is 1.31 bits per heavy atom. The van der Waals surface area contributed by atoms with Crippen molar-refractivity contribution in [2.24, 2.45) is 0 Å². The molecule has 0 bridgehead atoms. The van der Waals surface area contributed by atoms with E-state index in [9.17, 15) is 4.79 Å². The number of terminal acetylenes is 1. The third kappa shape index (κ3) is 3.73. The number of carbonyl (C=O) groups excluding carboxylic acids is 1. The average molecular weight is 392 g/mol. The van der Waals surface area contributed by atoms with E-state index in [4.69, 9.17) is 15.9 Å². The van der Waals surface area contributed by atoms with Gasteiger partial charge < -0.3 is 25.4 Å². The van der Waals surface area contributed by atoms with Crippen molar-refractivity contribution in [1.82, 2.24) is 14.6 Å². The van der Waals surface area contributed by atoms with Crippen molar-refractivity contribution in [3.63, 3.8) is 0 Å². The van der Waals surface area contributed by atoms with Gasteiger partial charge in [-0.25, -0.2) is 4.98 Å². The van der Waals surface area contributed by atoms with Crippen LogP contribution >= 0.6 is 0 Å². The van der Waals surface area contributed by atoms with E-state index in [1.165, 1.54) is 0 Å². The molecule has 1 aliphatic rings. The van der Waals surface area contributed by atoms with Crippen LogP contribution in [0, 0.1) is 12.3 Å². The zero-order valence-corrected chi connectivity index (χ0v) is 15.9. The average Bonchev–Trinajstić information content (AvgIpc) is 3.14. The molecule has 3 N–H and O–H groups in total. The minimum atomic E-state index is -0.188. The van der Waals surface area contributed by atoms with Gasteiger partial charge in [-0.05, 0) is 12.1 Å². The van der Waals surface area contributed by atoms with Crippen LogP contribution in [0.5, 0.6) is 11.5 Å². The lowest BCUT2D eigenvalue weighted by Crippen LogP contribution is -2.16. The number of hydrogen-bond donors (Lipinski definition) is 3. The lowest BCUT2D eigenvalue weighted by atomic mass is 10.2. The maximum absolute atomic E-state index is 12.1. The minimum absolute atomic E-state index is 0.188. The highest BCUT2D eigenvalue weighted by Crippen LogP contribution is 2.38. The molecule has 0 spiro atoms. The van der Waals surface area contributed by atoms with Gasteiger partial charge in [-0.2, -0.15) is 9.61 Å². The first-order valence-corrected chi connectivity index (χ1v) is 9.15. The Morgan fingerprint density at radius 2 is 2.17 bits per heavy atom. The number of aromatic nitrogens is 3. The summed E-state index contributed by atoms with van der Waals surface area (Å²) < 4.78 is 13.0. The molecule has 0 saturated heterocycles. The van der Waals surface area contributed by atoms with Gasteiger partial charge in [0.25, 0.3) is 0 Å². The number of rotatable bonds is 6. The van der Waals surface area contributed by atoms with E-state index in [-0.39, 0.29) is 12.3 Å².